The molecule has 0 unspecified atom stereocenters. The van der Waals surface area contributed by atoms with E-state index in [1.54, 1.807) is 6.92 Å². The highest BCUT2D eigenvalue weighted by Gasteiger charge is 2.07. The van der Waals surface area contributed by atoms with E-state index in [2.05, 4.69) is 27.8 Å². The van der Waals surface area contributed by atoms with Crippen molar-refractivity contribution < 1.29 is 8.42 Å². The van der Waals surface area contributed by atoms with Crippen molar-refractivity contribution in [2.45, 2.75) is 27.3 Å². The molecule has 0 amide bonds. The van der Waals surface area contributed by atoms with Gasteiger partial charge in [0.15, 0.2) is 15.8 Å². The van der Waals surface area contributed by atoms with Crippen LogP contribution in [0.15, 0.2) is 29.3 Å². The molecule has 5 nitrogen and oxygen atoms in total. The van der Waals surface area contributed by atoms with Gasteiger partial charge >= 0.3 is 0 Å². The average Bonchev–Trinajstić information content (AvgIpc) is 2.46. The van der Waals surface area contributed by atoms with E-state index in [1.165, 1.54) is 5.56 Å². The quantitative estimate of drug-likeness (QED) is 0.591. The molecule has 21 heavy (non-hydrogen) atoms. The molecule has 0 aliphatic rings. The van der Waals surface area contributed by atoms with Crippen LogP contribution in [-0.2, 0) is 16.4 Å². The van der Waals surface area contributed by atoms with E-state index in [1.807, 2.05) is 26.0 Å². The number of benzene rings is 1. The summed E-state index contributed by atoms with van der Waals surface area (Å²) in [6.07, 6.45) is 0. The molecule has 0 radical (unpaired) electrons. The summed E-state index contributed by atoms with van der Waals surface area (Å²) in [6.45, 7) is 7.36. The number of rotatable bonds is 7. The summed E-state index contributed by atoms with van der Waals surface area (Å²) >= 11 is 0. The van der Waals surface area contributed by atoms with Crippen LogP contribution in [0.3, 0.4) is 0 Å². The highest BCUT2D eigenvalue weighted by atomic mass is 32.2. The van der Waals surface area contributed by atoms with Gasteiger partial charge in [-0.3, -0.25) is 0 Å². The molecule has 0 fully saturated rings. The van der Waals surface area contributed by atoms with Gasteiger partial charge < -0.3 is 10.6 Å². The maximum absolute atomic E-state index is 11.4. The van der Waals surface area contributed by atoms with Crippen molar-refractivity contribution >= 4 is 15.8 Å². The number of hydrogen-bond acceptors (Lipinski definition) is 3. The minimum Gasteiger partial charge on any atom is -0.357 e. The number of aliphatic imine (C=N–C) groups is 1. The Balaban J connectivity index is 2.55. The minimum absolute atomic E-state index is 0.123. The van der Waals surface area contributed by atoms with E-state index in [9.17, 15) is 8.42 Å². The maximum atomic E-state index is 11.4. The first-order chi connectivity index (χ1) is 9.96. The SMILES string of the molecule is CCNC(=NCc1ccc(C)cc1)NCCS(=O)(=O)CC. The van der Waals surface area contributed by atoms with Crippen molar-refractivity contribution in [2.24, 2.45) is 4.99 Å². The number of nitrogens with one attached hydrogen (secondary N) is 2. The van der Waals surface area contributed by atoms with Gasteiger partial charge in [0, 0.05) is 18.8 Å². The molecule has 0 aromatic heterocycles. The summed E-state index contributed by atoms with van der Waals surface area (Å²) in [5, 5.41) is 6.17. The molecule has 1 aromatic carbocycles. The summed E-state index contributed by atoms with van der Waals surface area (Å²) in [6, 6.07) is 8.20. The molecular formula is C15H25N3O2S. The molecule has 1 rings (SSSR count). The summed E-state index contributed by atoms with van der Waals surface area (Å²) in [4.78, 5) is 4.46. The van der Waals surface area contributed by atoms with Crippen LogP contribution in [0.2, 0.25) is 0 Å². The van der Waals surface area contributed by atoms with Crippen molar-refractivity contribution in [3.8, 4) is 0 Å². The molecule has 0 saturated heterocycles. The maximum Gasteiger partial charge on any atom is 0.191 e. The first-order valence-electron chi connectivity index (χ1n) is 7.25. The van der Waals surface area contributed by atoms with Gasteiger partial charge in [-0.15, -0.1) is 0 Å². The Labute approximate surface area is 127 Å². The highest BCUT2D eigenvalue weighted by molar-refractivity contribution is 7.91. The van der Waals surface area contributed by atoms with Gasteiger partial charge in [-0.2, -0.15) is 0 Å². The van der Waals surface area contributed by atoms with Gasteiger partial charge in [0.2, 0.25) is 0 Å². The highest BCUT2D eigenvalue weighted by Crippen LogP contribution is 2.04. The zero-order valence-corrected chi connectivity index (χ0v) is 13.8. The Morgan fingerprint density at radius 2 is 1.81 bits per heavy atom. The van der Waals surface area contributed by atoms with Gasteiger partial charge in [0.05, 0.1) is 12.3 Å². The van der Waals surface area contributed by atoms with Gasteiger partial charge in [-0.1, -0.05) is 36.8 Å². The molecule has 0 bridgehead atoms. The summed E-state index contributed by atoms with van der Waals surface area (Å²) in [7, 11) is -2.95. The summed E-state index contributed by atoms with van der Waals surface area (Å²) in [5.41, 5.74) is 2.34. The first kappa shape index (κ1) is 17.5. The van der Waals surface area contributed by atoms with Crippen LogP contribution in [0.1, 0.15) is 25.0 Å². The van der Waals surface area contributed by atoms with E-state index in [-0.39, 0.29) is 11.5 Å². The smallest absolute Gasteiger partial charge is 0.191 e. The van der Waals surface area contributed by atoms with E-state index < -0.39 is 9.84 Å². The summed E-state index contributed by atoms with van der Waals surface area (Å²) in [5.74, 6) is 0.939. The average molecular weight is 311 g/mol. The second-order valence-corrected chi connectivity index (χ2v) is 7.32. The Morgan fingerprint density at radius 3 is 2.38 bits per heavy atom. The molecule has 1 aromatic rings. The molecule has 0 atom stereocenters. The fraction of sp³-hybridized carbons (Fsp3) is 0.533. The second-order valence-electron chi connectivity index (χ2n) is 4.84. The van der Waals surface area contributed by atoms with E-state index >= 15 is 0 Å². The minimum atomic E-state index is -2.95. The fourth-order valence-electron chi connectivity index (χ4n) is 1.67. The molecule has 0 aliphatic carbocycles. The molecule has 0 aliphatic heterocycles. The molecule has 2 N–H and O–H groups in total. The Bertz CT molecular complexity index is 551. The molecule has 6 heteroatoms. The molecule has 0 saturated carbocycles. The molecule has 118 valence electrons. The number of guanidine groups is 1. The Kier molecular flexibility index (Phi) is 7.22. The third kappa shape index (κ3) is 7.13. The van der Waals surface area contributed by atoms with Crippen molar-refractivity contribution in [3.05, 3.63) is 35.4 Å². The number of hydrogen-bond donors (Lipinski definition) is 2. The third-order valence-corrected chi connectivity index (χ3v) is 4.74. The van der Waals surface area contributed by atoms with Gasteiger partial charge in [-0.25, -0.2) is 13.4 Å². The number of nitrogens with zero attached hydrogens (tertiary/aromatic N) is 1. The zero-order chi connectivity index (χ0) is 15.7. The lowest BCUT2D eigenvalue weighted by Gasteiger charge is -2.11. The topological polar surface area (TPSA) is 70.6 Å². The molecule has 0 heterocycles. The standard InChI is InChI=1S/C15H25N3O2S/c1-4-16-15(17-10-11-21(19,20)5-2)18-12-14-8-6-13(3)7-9-14/h6-9H,4-5,10-12H2,1-3H3,(H2,16,17,18). The van der Waals surface area contributed by atoms with Crippen LogP contribution in [0.25, 0.3) is 0 Å². The zero-order valence-electron chi connectivity index (χ0n) is 13.0. The van der Waals surface area contributed by atoms with Crippen LogP contribution in [0, 0.1) is 6.92 Å². The van der Waals surface area contributed by atoms with E-state index in [0.717, 1.165) is 12.1 Å². The Morgan fingerprint density at radius 1 is 1.14 bits per heavy atom. The Hall–Kier alpha value is -1.56. The largest absolute Gasteiger partial charge is 0.357 e. The predicted octanol–water partition coefficient (Wildman–Crippen LogP) is 1.48. The van der Waals surface area contributed by atoms with Crippen molar-refractivity contribution in [1.82, 2.24) is 10.6 Å². The predicted molar refractivity (Wildman–Crippen MR) is 88.3 cm³/mol. The van der Waals surface area contributed by atoms with Crippen LogP contribution in [0.5, 0.6) is 0 Å². The lowest BCUT2D eigenvalue weighted by molar-refractivity contribution is 0.595. The summed E-state index contributed by atoms with van der Waals surface area (Å²) < 4.78 is 22.9. The first-order valence-corrected chi connectivity index (χ1v) is 9.07. The number of aryl methyl sites for hydroxylation is 1. The van der Waals surface area contributed by atoms with Crippen LogP contribution >= 0.6 is 0 Å². The van der Waals surface area contributed by atoms with Crippen molar-refractivity contribution in [2.75, 3.05) is 24.6 Å². The van der Waals surface area contributed by atoms with Gasteiger partial charge in [0.1, 0.15) is 0 Å². The van der Waals surface area contributed by atoms with Crippen molar-refractivity contribution in [1.29, 1.82) is 0 Å². The molecular weight excluding hydrogens is 286 g/mol. The monoisotopic (exact) mass is 311 g/mol. The number of sulfone groups is 1. The third-order valence-electron chi connectivity index (χ3n) is 3.03. The fourth-order valence-corrected chi connectivity index (χ4v) is 2.38. The second kappa shape index (κ2) is 8.67. The lowest BCUT2D eigenvalue weighted by atomic mass is 10.1. The van der Waals surface area contributed by atoms with Gasteiger partial charge in [0.25, 0.3) is 0 Å². The van der Waals surface area contributed by atoms with Gasteiger partial charge in [-0.05, 0) is 19.4 Å². The normalized spacial score (nSPS) is 12.2. The van der Waals surface area contributed by atoms with Crippen molar-refractivity contribution in [3.63, 3.8) is 0 Å². The van der Waals surface area contributed by atoms with Crippen LogP contribution in [0.4, 0.5) is 0 Å². The van der Waals surface area contributed by atoms with Crippen LogP contribution < -0.4 is 10.6 Å². The lowest BCUT2D eigenvalue weighted by Crippen LogP contribution is -2.39. The van der Waals surface area contributed by atoms with E-state index in [0.29, 0.717) is 19.0 Å². The molecule has 0 spiro atoms. The van der Waals surface area contributed by atoms with Crippen LogP contribution in [-0.4, -0.2) is 39.0 Å². The van der Waals surface area contributed by atoms with E-state index in [4.69, 9.17) is 0 Å².